The summed E-state index contributed by atoms with van der Waals surface area (Å²) in [6, 6.07) is 0. The van der Waals surface area contributed by atoms with Gasteiger partial charge in [0.05, 0.1) is 6.54 Å². The van der Waals surface area contributed by atoms with Crippen molar-refractivity contribution >= 4 is 0 Å². The van der Waals surface area contributed by atoms with Crippen molar-refractivity contribution in [1.82, 2.24) is 20.4 Å². The smallest absolute Gasteiger partial charge is 0.240 e. The van der Waals surface area contributed by atoms with Gasteiger partial charge in [-0.15, -0.1) is 0 Å². The number of piperidine rings is 1. The molecule has 2 rings (SSSR count). The van der Waals surface area contributed by atoms with Crippen LogP contribution in [0, 0.1) is 0 Å². The Morgan fingerprint density at radius 3 is 3.19 bits per heavy atom. The van der Waals surface area contributed by atoms with Crippen molar-refractivity contribution in [2.24, 2.45) is 0 Å². The van der Waals surface area contributed by atoms with E-state index in [-0.39, 0.29) is 0 Å². The molecule has 0 aliphatic carbocycles. The van der Waals surface area contributed by atoms with Crippen molar-refractivity contribution < 1.29 is 4.52 Å². The van der Waals surface area contributed by atoms with Crippen molar-refractivity contribution in [2.45, 2.75) is 32.2 Å². The third kappa shape index (κ3) is 2.59. The lowest BCUT2D eigenvalue weighted by molar-refractivity contribution is 0.211. The normalized spacial score (nSPS) is 22.5. The Hall–Kier alpha value is -0.940. The first-order valence-electron chi connectivity index (χ1n) is 6.03. The standard InChI is InChI=1S/C11H20N4O/c1-3-15-6-4-5-9(8-15)11-13-10(7-12-2)16-14-11/h9,12H,3-8H2,1-2H3. The number of hydrogen-bond acceptors (Lipinski definition) is 5. The van der Waals surface area contributed by atoms with Gasteiger partial charge in [0.1, 0.15) is 0 Å². The van der Waals surface area contributed by atoms with E-state index >= 15 is 0 Å². The van der Waals surface area contributed by atoms with E-state index in [1.807, 2.05) is 7.05 Å². The topological polar surface area (TPSA) is 54.2 Å². The van der Waals surface area contributed by atoms with Crippen LogP contribution in [0.5, 0.6) is 0 Å². The number of likely N-dealkylation sites (tertiary alicyclic amines) is 1. The number of aromatic nitrogens is 2. The monoisotopic (exact) mass is 224 g/mol. The molecule has 1 fully saturated rings. The fourth-order valence-corrected chi connectivity index (χ4v) is 2.21. The molecule has 0 saturated carbocycles. The predicted octanol–water partition coefficient (Wildman–Crippen LogP) is 0.988. The van der Waals surface area contributed by atoms with Gasteiger partial charge >= 0.3 is 0 Å². The quantitative estimate of drug-likeness (QED) is 0.826. The maximum absolute atomic E-state index is 5.19. The lowest BCUT2D eigenvalue weighted by Crippen LogP contribution is -2.34. The van der Waals surface area contributed by atoms with Crippen LogP contribution in [0.25, 0.3) is 0 Å². The van der Waals surface area contributed by atoms with Gasteiger partial charge in [0, 0.05) is 12.5 Å². The number of likely N-dealkylation sites (N-methyl/N-ethyl adjacent to an activating group) is 1. The van der Waals surface area contributed by atoms with Crippen LogP contribution in [0.15, 0.2) is 4.52 Å². The lowest BCUT2D eigenvalue weighted by atomic mass is 9.97. The highest BCUT2D eigenvalue weighted by atomic mass is 16.5. The highest BCUT2D eigenvalue weighted by molar-refractivity contribution is 4.98. The Kier molecular flexibility index (Phi) is 3.90. The van der Waals surface area contributed by atoms with Gasteiger partial charge in [-0.3, -0.25) is 0 Å². The first-order chi connectivity index (χ1) is 7.83. The van der Waals surface area contributed by atoms with Gasteiger partial charge < -0.3 is 14.7 Å². The van der Waals surface area contributed by atoms with Gasteiger partial charge in [0.15, 0.2) is 5.82 Å². The largest absolute Gasteiger partial charge is 0.338 e. The van der Waals surface area contributed by atoms with Crippen molar-refractivity contribution in [3.8, 4) is 0 Å². The van der Waals surface area contributed by atoms with Crippen molar-refractivity contribution in [1.29, 1.82) is 0 Å². The Morgan fingerprint density at radius 2 is 2.44 bits per heavy atom. The molecule has 1 atom stereocenters. The van der Waals surface area contributed by atoms with E-state index in [1.165, 1.54) is 19.4 Å². The molecule has 1 N–H and O–H groups in total. The van der Waals surface area contributed by atoms with Crippen LogP contribution in [0.1, 0.15) is 37.4 Å². The van der Waals surface area contributed by atoms with Crippen molar-refractivity contribution in [3.63, 3.8) is 0 Å². The molecule has 0 radical (unpaired) electrons. The van der Waals surface area contributed by atoms with Crippen LogP contribution in [-0.4, -0.2) is 41.7 Å². The highest BCUT2D eigenvalue weighted by Crippen LogP contribution is 2.24. The SMILES string of the molecule is CCN1CCCC(c2noc(CNC)n2)C1. The molecule has 1 aromatic heterocycles. The molecule has 5 nitrogen and oxygen atoms in total. The van der Waals surface area contributed by atoms with Crippen LogP contribution >= 0.6 is 0 Å². The average Bonchev–Trinajstić information content (AvgIpc) is 2.78. The molecule has 90 valence electrons. The molecule has 1 unspecified atom stereocenters. The number of nitrogens with one attached hydrogen (secondary N) is 1. The fraction of sp³-hybridized carbons (Fsp3) is 0.818. The van der Waals surface area contributed by atoms with E-state index in [0.29, 0.717) is 18.4 Å². The maximum Gasteiger partial charge on any atom is 0.240 e. The zero-order valence-corrected chi connectivity index (χ0v) is 10.1. The molecule has 5 heteroatoms. The molecule has 0 aromatic carbocycles. The van der Waals surface area contributed by atoms with E-state index in [9.17, 15) is 0 Å². The van der Waals surface area contributed by atoms with E-state index < -0.39 is 0 Å². The Morgan fingerprint density at radius 1 is 1.56 bits per heavy atom. The van der Waals surface area contributed by atoms with E-state index in [1.54, 1.807) is 0 Å². The molecule has 1 aromatic rings. The minimum Gasteiger partial charge on any atom is -0.338 e. The van der Waals surface area contributed by atoms with Gasteiger partial charge in [0.25, 0.3) is 0 Å². The summed E-state index contributed by atoms with van der Waals surface area (Å²) in [6.07, 6.45) is 2.41. The molecule has 0 amide bonds. The Labute approximate surface area is 96.2 Å². The molecule has 0 spiro atoms. The van der Waals surface area contributed by atoms with Gasteiger partial charge in [0.2, 0.25) is 5.89 Å². The van der Waals surface area contributed by atoms with Crippen molar-refractivity contribution in [2.75, 3.05) is 26.7 Å². The first kappa shape index (κ1) is 11.5. The van der Waals surface area contributed by atoms with Crippen LogP contribution in [-0.2, 0) is 6.54 Å². The second-order valence-electron chi connectivity index (χ2n) is 4.31. The Balaban J connectivity index is 1.99. The predicted molar refractivity (Wildman–Crippen MR) is 61.2 cm³/mol. The summed E-state index contributed by atoms with van der Waals surface area (Å²) in [7, 11) is 1.88. The summed E-state index contributed by atoms with van der Waals surface area (Å²) >= 11 is 0. The number of rotatable bonds is 4. The second-order valence-corrected chi connectivity index (χ2v) is 4.31. The van der Waals surface area contributed by atoms with Gasteiger partial charge in [-0.2, -0.15) is 4.98 Å². The lowest BCUT2D eigenvalue weighted by Gasteiger charge is -2.29. The minimum absolute atomic E-state index is 0.447. The zero-order valence-electron chi connectivity index (χ0n) is 10.1. The summed E-state index contributed by atoms with van der Waals surface area (Å²) in [5.41, 5.74) is 0. The number of hydrogen-bond donors (Lipinski definition) is 1. The summed E-state index contributed by atoms with van der Waals surface area (Å²) in [4.78, 5) is 6.87. The molecule has 16 heavy (non-hydrogen) atoms. The van der Waals surface area contributed by atoms with Gasteiger partial charge in [-0.25, -0.2) is 0 Å². The third-order valence-electron chi connectivity index (χ3n) is 3.13. The second kappa shape index (κ2) is 5.41. The fourth-order valence-electron chi connectivity index (χ4n) is 2.21. The number of nitrogens with zero attached hydrogens (tertiary/aromatic N) is 3. The molecule has 1 aliphatic heterocycles. The summed E-state index contributed by atoms with van der Waals surface area (Å²) in [6.45, 7) is 6.23. The first-order valence-corrected chi connectivity index (χ1v) is 6.03. The van der Waals surface area contributed by atoms with Crippen LogP contribution in [0.2, 0.25) is 0 Å². The molecular weight excluding hydrogens is 204 g/mol. The zero-order chi connectivity index (χ0) is 11.4. The van der Waals surface area contributed by atoms with Gasteiger partial charge in [-0.05, 0) is 33.0 Å². The maximum atomic E-state index is 5.19. The van der Waals surface area contributed by atoms with Gasteiger partial charge in [-0.1, -0.05) is 12.1 Å². The molecule has 1 aliphatic rings. The minimum atomic E-state index is 0.447. The van der Waals surface area contributed by atoms with Crippen LogP contribution < -0.4 is 5.32 Å². The summed E-state index contributed by atoms with van der Waals surface area (Å²) in [5.74, 6) is 2.01. The van der Waals surface area contributed by atoms with Crippen molar-refractivity contribution in [3.05, 3.63) is 11.7 Å². The van der Waals surface area contributed by atoms with E-state index in [0.717, 1.165) is 18.9 Å². The van der Waals surface area contributed by atoms with E-state index in [4.69, 9.17) is 4.52 Å². The summed E-state index contributed by atoms with van der Waals surface area (Å²) < 4.78 is 5.19. The van der Waals surface area contributed by atoms with Crippen LogP contribution in [0.4, 0.5) is 0 Å². The van der Waals surface area contributed by atoms with E-state index in [2.05, 4.69) is 27.3 Å². The summed E-state index contributed by atoms with van der Waals surface area (Å²) in [5, 5.41) is 7.09. The molecular formula is C11H20N4O. The third-order valence-corrected chi connectivity index (χ3v) is 3.13. The molecule has 0 bridgehead atoms. The molecule has 1 saturated heterocycles. The Bertz CT molecular complexity index is 326. The van der Waals surface area contributed by atoms with Crippen LogP contribution in [0.3, 0.4) is 0 Å². The highest BCUT2D eigenvalue weighted by Gasteiger charge is 2.24. The average molecular weight is 224 g/mol. The molecule has 2 heterocycles.